The molecule has 0 bridgehead atoms. The van der Waals surface area contributed by atoms with Gasteiger partial charge < -0.3 is 18.8 Å². The normalized spacial score (nSPS) is 19.3. The number of rotatable bonds is 5. The molecule has 2 amide bonds. The van der Waals surface area contributed by atoms with Crippen LogP contribution < -0.4 is 5.32 Å². The van der Waals surface area contributed by atoms with Crippen LogP contribution in [0.5, 0.6) is 0 Å². The molecule has 9 heteroatoms. The number of hydrogen-bond donors (Lipinski definition) is 1. The topological polar surface area (TPSA) is 90.0 Å². The molecule has 2 rings (SSSR count). The van der Waals surface area contributed by atoms with E-state index < -0.39 is 25.6 Å². The number of pyridine rings is 1. The average Bonchev–Trinajstić information content (AvgIpc) is 2.99. The predicted octanol–water partition coefficient (Wildman–Crippen LogP) is 6.54. The van der Waals surface area contributed by atoms with Crippen LogP contribution in [-0.2, 0) is 20.3 Å². The monoisotopic (exact) mass is 521 g/mol. The first-order chi connectivity index (χ1) is 16.1. The average molecular weight is 522 g/mol. The summed E-state index contributed by atoms with van der Waals surface area (Å²) in [7, 11) is -2.08. The number of hydrogen-bond acceptors (Lipinski definition) is 6. The van der Waals surface area contributed by atoms with Gasteiger partial charge in [-0.2, -0.15) is 0 Å². The molecule has 1 fully saturated rings. The maximum Gasteiger partial charge on any atom is 0.413 e. The zero-order valence-electron chi connectivity index (χ0n) is 24.4. The first kappa shape index (κ1) is 30.1. The number of carbonyl (C=O) groups excluding carboxylic acids is 2. The van der Waals surface area contributed by atoms with Crippen molar-refractivity contribution >= 4 is 26.3 Å². The molecule has 0 aliphatic carbocycles. The van der Waals surface area contributed by atoms with Crippen molar-refractivity contribution in [2.75, 3.05) is 18.4 Å². The number of nitrogens with one attached hydrogen (secondary N) is 1. The lowest BCUT2D eigenvalue weighted by Gasteiger charge is -2.39. The highest BCUT2D eigenvalue weighted by Gasteiger charge is 2.45. The van der Waals surface area contributed by atoms with Crippen LogP contribution in [0, 0.1) is 12.8 Å². The summed E-state index contributed by atoms with van der Waals surface area (Å²) in [6, 6.07) is 3.83. The summed E-state index contributed by atoms with van der Waals surface area (Å²) in [6.07, 6.45) is -0.368. The Morgan fingerprint density at radius 2 is 1.58 bits per heavy atom. The summed E-state index contributed by atoms with van der Waals surface area (Å²) in [4.78, 5) is 31.6. The predicted molar refractivity (Wildman–Crippen MR) is 146 cm³/mol. The van der Waals surface area contributed by atoms with Crippen molar-refractivity contribution in [1.82, 2.24) is 9.88 Å². The molecule has 0 unspecified atom stereocenters. The third-order valence-corrected chi connectivity index (χ3v) is 10.9. The first-order valence-electron chi connectivity index (χ1n) is 12.8. The number of aryl methyl sites for hydroxylation is 1. The summed E-state index contributed by atoms with van der Waals surface area (Å²) >= 11 is 0. The minimum atomic E-state index is -2.08. The first-order valence-corrected chi connectivity index (χ1v) is 15.7. The van der Waals surface area contributed by atoms with Crippen LogP contribution in [-0.4, -0.2) is 60.8 Å². The third kappa shape index (κ3) is 9.07. The number of ether oxygens (including phenoxy) is 2. The smallest absolute Gasteiger partial charge is 0.413 e. The number of anilines is 1. The molecule has 1 aromatic heterocycles. The summed E-state index contributed by atoms with van der Waals surface area (Å²) in [5.41, 5.74) is 0.654. The summed E-state index contributed by atoms with van der Waals surface area (Å²) in [5, 5.41) is 2.79. The molecular weight excluding hydrogens is 474 g/mol. The maximum atomic E-state index is 12.9. The number of amides is 2. The van der Waals surface area contributed by atoms with Crippen LogP contribution in [0.1, 0.15) is 73.6 Å². The van der Waals surface area contributed by atoms with Gasteiger partial charge in [-0.3, -0.25) is 5.32 Å². The Morgan fingerprint density at radius 1 is 1.00 bits per heavy atom. The molecule has 204 valence electrons. The molecule has 1 aromatic rings. The molecular formula is C27H47N3O5Si. The zero-order chi connectivity index (χ0) is 27.7. The molecule has 36 heavy (non-hydrogen) atoms. The second-order valence-corrected chi connectivity index (χ2v) is 18.2. The van der Waals surface area contributed by atoms with Gasteiger partial charge in [-0.25, -0.2) is 14.6 Å². The van der Waals surface area contributed by atoms with Gasteiger partial charge in [0.15, 0.2) is 8.32 Å². The van der Waals surface area contributed by atoms with Gasteiger partial charge in [-0.05, 0) is 90.7 Å². The van der Waals surface area contributed by atoms with E-state index in [-0.39, 0.29) is 23.2 Å². The molecule has 2 atom stereocenters. The highest BCUT2D eigenvalue weighted by atomic mass is 28.4. The molecule has 0 aromatic carbocycles. The quantitative estimate of drug-likeness (QED) is 0.443. The van der Waals surface area contributed by atoms with Crippen LogP contribution in [0.4, 0.5) is 15.4 Å². The van der Waals surface area contributed by atoms with Gasteiger partial charge in [0, 0.05) is 24.7 Å². The SMILES string of the molecule is Cc1cc(C[C@@H]2CN(C(=O)OC(C)(C)C)C[C@H]2O[Si](C)(C)C(C)(C)C)nc(NC(=O)OC(C)(C)C)c1. The van der Waals surface area contributed by atoms with E-state index in [1.54, 1.807) is 4.90 Å². The highest BCUT2D eigenvalue weighted by molar-refractivity contribution is 6.74. The van der Waals surface area contributed by atoms with E-state index in [0.29, 0.717) is 25.3 Å². The van der Waals surface area contributed by atoms with Crippen LogP contribution >= 0.6 is 0 Å². The van der Waals surface area contributed by atoms with E-state index in [1.807, 2.05) is 60.6 Å². The van der Waals surface area contributed by atoms with Crippen LogP contribution in [0.15, 0.2) is 12.1 Å². The Kier molecular flexibility index (Phi) is 8.94. The summed E-state index contributed by atoms with van der Waals surface area (Å²) in [5.74, 6) is 0.499. The van der Waals surface area contributed by atoms with Gasteiger partial charge in [-0.15, -0.1) is 0 Å². The Labute approximate surface area is 218 Å². The van der Waals surface area contributed by atoms with Crippen molar-refractivity contribution in [2.45, 2.75) is 111 Å². The van der Waals surface area contributed by atoms with E-state index in [9.17, 15) is 9.59 Å². The molecule has 2 heterocycles. The lowest BCUT2D eigenvalue weighted by molar-refractivity contribution is 0.0272. The van der Waals surface area contributed by atoms with Gasteiger partial charge in [0.2, 0.25) is 0 Å². The van der Waals surface area contributed by atoms with E-state index in [0.717, 1.165) is 11.3 Å². The third-order valence-electron chi connectivity index (χ3n) is 6.41. The van der Waals surface area contributed by atoms with Crippen molar-refractivity contribution in [3.63, 3.8) is 0 Å². The van der Waals surface area contributed by atoms with Crippen molar-refractivity contribution in [3.8, 4) is 0 Å². The van der Waals surface area contributed by atoms with Gasteiger partial charge in [0.25, 0.3) is 0 Å². The standard InChI is InChI=1S/C27H47N3O5Si/c1-18-13-20(28-22(14-18)29-23(31)33-25(2,3)4)15-19-16-30(24(32)34-26(5,6)7)17-21(19)35-36(11,12)27(8,9)10/h13-14,19,21H,15-17H2,1-12H3,(H,28,29,31)/t19-,21-/m1/s1. The zero-order valence-corrected chi connectivity index (χ0v) is 25.4. The second kappa shape index (κ2) is 10.7. The van der Waals surface area contributed by atoms with Crippen molar-refractivity contribution in [1.29, 1.82) is 0 Å². The molecule has 1 aliphatic heterocycles. The highest BCUT2D eigenvalue weighted by Crippen LogP contribution is 2.39. The second-order valence-electron chi connectivity index (χ2n) is 13.4. The van der Waals surface area contributed by atoms with Crippen LogP contribution in [0.3, 0.4) is 0 Å². The Morgan fingerprint density at radius 3 is 2.11 bits per heavy atom. The van der Waals surface area contributed by atoms with E-state index in [4.69, 9.17) is 13.9 Å². The Hall–Kier alpha value is -2.13. The fraction of sp³-hybridized carbons (Fsp3) is 0.741. The molecule has 0 radical (unpaired) electrons. The van der Waals surface area contributed by atoms with E-state index >= 15 is 0 Å². The van der Waals surface area contributed by atoms with Gasteiger partial charge in [-0.1, -0.05) is 20.8 Å². The Balaban J connectivity index is 2.27. The largest absolute Gasteiger partial charge is 0.444 e. The number of carbonyl (C=O) groups is 2. The number of likely N-dealkylation sites (tertiary alicyclic amines) is 1. The van der Waals surface area contributed by atoms with Gasteiger partial charge in [0.05, 0.1) is 6.10 Å². The fourth-order valence-electron chi connectivity index (χ4n) is 3.79. The lowest BCUT2D eigenvalue weighted by Crippen LogP contribution is -2.46. The molecule has 0 spiro atoms. The van der Waals surface area contributed by atoms with Crippen LogP contribution in [0.25, 0.3) is 0 Å². The molecule has 8 nitrogen and oxygen atoms in total. The number of nitrogens with zero attached hydrogens (tertiary/aromatic N) is 2. The summed E-state index contributed by atoms with van der Waals surface area (Å²) in [6.45, 7) is 25.2. The summed E-state index contributed by atoms with van der Waals surface area (Å²) < 4.78 is 17.8. The van der Waals surface area contributed by atoms with Gasteiger partial charge in [0.1, 0.15) is 17.0 Å². The van der Waals surface area contributed by atoms with Crippen LogP contribution in [0.2, 0.25) is 18.1 Å². The van der Waals surface area contributed by atoms with Crippen molar-refractivity contribution in [3.05, 3.63) is 23.4 Å². The lowest BCUT2D eigenvalue weighted by atomic mass is 9.99. The van der Waals surface area contributed by atoms with Crippen molar-refractivity contribution < 1.29 is 23.5 Å². The van der Waals surface area contributed by atoms with E-state index in [2.05, 4.69) is 44.2 Å². The minimum absolute atomic E-state index is 0.0446. The molecule has 1 N–H and O–H groups in total. The fourth-order valence-corrected chi connectivity index (χ4v) is 5.16. The molecule has 1 saturated heterocycles. The van der Waals surface area contributed by atoms with Gasteiger partial charge >= 0.3 is 12.2 Å². The van der Waals surface area contributed by atoms with E-state index in [1.165, 1.54) is 0 Å². The molecule has 1 aliphatic rings. The van der Waals surface area contributed by atoms with Crippen molar-refractivity contribution in [2.24, 2.45) is 5.92 Å². The minimum Gasteiger partial charge on any atom is -0.444 e. The maximum absolute atomic E-state index is 12.9. The molecule has 0 saturated carbocycles. The number of aromatic nitrogens is 1. The Bertz CT molecular complexity index is 944.